The number of nitrogens with one attached hydrogen (secondary N) is 1. The molecule has 0 spiro atoms. The predicted octanol–water partition coefficient (Wildman–Crippen LogP) is 3.22. The van der Waals surface area contributed by atoms with E-state index in [2.05, 4.69) is 9.98 Å². The van der Waals surface area contributed by atoms with E-state index in [9.17, 15) is 4.79 Å². The highest BCUT2D eigenvalue weighted by Gasteiger charge is 2.09. The summed E-state index contributed by atoms with van der Waals surface area (Å²) in [5.41, 5.74) is 1.93. The number of hydrogen-bond acceptors (Lipinski definition) is 2. The number of rotatable bonds is 2. The van der Waals surface area contributed by atoms with Crippen molar-refractivity contribution in [2.45, 2.75) is 13.0 Å². The lowest BCUT2D eigenvalue weighted by atomic mass is 10.1. The molecule has 3 nitrogen and oxygen atoms in total. The van der Waals surface area contributed by atoms with Gasteiger partial charge in [-0.1, -0.05) is 17.7 Å². The minimum absolute atomic E-state index is 0.183. The molecule has 1 heterocycles. The van der Waals surface area contributed by atoms with Gasteiger partial charge in [-0.15, -0.1) is 0 Å². The third-order valence-electron chi connectivity index (χ3n) is 2.37. The number of aromatic nitrogens is 1. The van der Waals surface area contributed by atoms with Crippen LogP contribution in [0.2, 0.25) is 5.02 Å². The van der Waals surface area contributed by atoms with Crippen molar-refractivity contribution in [2.75, 3.05) is 0 Å². The molecule has 1 aromatic heterocycles. The first-order valence-corrected chi connectivity index (χ1v) is 4.93. The Labute approximate surface area is 91.8 Å². The van der Waals surface area contributed by atoms with E-state index < -0.39 is 0 Å². The lowest BCUT2D eigenvalue weighted by Gasteiger charge is -2.01. The summed E-state index contributed by atoms with van der Waals surface area (Å²) >= 11 is 5.86. The summed E-state index contributed by atoms with van der Waals surface area (Å²) in [6.45, 7) is 1.85. The normalized spacial score (nSPS) is 12.4. The van der Waals surface area contributed by atoms with Gasteiger partial charge in [-0.25, -0.2) is 4.79 Å². The van der Waals surface area contributed by atoms with Crippen molar-refractivity contribution in [2.24, 2.45) is 4.99 Å². The second-order valence-corrected chi connectivity index (χ2v) is 3.77. The Balaban J connectivity index is 2.58. The zero-order valence-corrected chi connectivity index (χ0v) is 8.88. The molecule has 2 rings (SSSR count). The molecule has 76 valence electrons. The highest BCUT2D eigenvalue weighted by Crippen LogP contribution is 2.27. The number of nitrogens with zero attached hydrogens (tertiary/aromatic N) is 1. The van der Waals surface area contributed by atoms with Crippen molar-refractivity contribution >= 4 is 28.6 Å². The minimum atomic E-state index is -0.183. The number of aliphatic imine (C=N–C) groups is 1. The summed E-state index contributed by atoms with van der Waals surface area (Å²) in [7, 11) is 0. The molecule has 1 aromatic carbocycles. The molecular weight excluding hydrogens is 212 g/mol. The molecule has 0 aliphatic carbocycles. The van der Waals surface area contributed by atoms with Gasteiger partial charge in [-0.05, 0) is 19.1 Å². The zero-order chi connectivity index (χ0) is 10.8. The van der Waals surface area contributed by atoms with E-state index in [0.717, 1.165) is 16.5 Å². The van der Waals surface area contributed by atoms with E-state index in [1.54, 1.807) is 6.08 Å². The second-order valence-electron chi connectivity index (χ2n) is 3.33. The van der Waals surface area contributed by atoms with Gasteiger partial charge in [0, 0.05) is 27.7 Å². The summed E-state index contributed by atoms with van der Waals surface area (Å²) in [5, 5.41) is 1.72. The highest BCUT2D eigenvalue weighted by atomic mass is 35.5. The smallest absolute Gasteiger partial charge is 0.235 e. The lowest BCUT2D eigenvalue weighted by Crippen LogP contribution is -1.86. The lowest BCUT2D eigenvalue weighted by molar-refractivity contribution is 0.559. The third kappa shape index (κ3) is 1.80. The van der Waals surface area contributed by atoms with Crippen LogP contribution < -0.4 is 0 Å². The van der Waals surface area contributed by atoms with Gasteiger partial charge in [0.15, 0.2) is 0 Å². The predicted molar refractivity (Wildman–Crippen MR) is 59.8 cm³/mol. The number of benzene rings is 1. The number of carbonyl (C=O) groups excluding carboxylic acids is 1. The quantitative estimate of drug-likeness (QED) is 0.613. The summed E-state index contributed by atoms with van der Waals surface area (Å²) in [4.78, 5) is 17.0. The fraction of sp³-hybridized carbons (Fsp3) is 0.182. The van der Waals surface area contributed by atoms with E-state index in [1.807, 2.05) is 31.3 Å². The average molecular weight is 221 g/mol. The molecule has 0 saturated heterocycles. The van der Waals surface area contributed by atoms with Gasteiger partial charge in [-0.3, -0.25) is 0 Å². The molecule has 0 amide bonds. The fourth-order valence-electron chi connectivity index (χ4n) is 1.62. The van der Waals surface area contributed by atoms with Gasteiger partial charge in [-0.2, -0.15) is 4.99 Å². The maximum atomic E-state index is 10.2. The van der Waals surface area contributed by atoms with Crippen molar-refractivity contribution in [1.82, 2.24) is 4.98 Å². The van der Waals surface area contributed by atoms with Crippen LogP contribution in [0.3, 0.4) is 0 Å². The van der Waals surface area contributed by atoms with E-state index in [4.69, 9.17) is 11.6 Å². The summed E-state index contributed by atoms with van der Waals surface area (Å²) in [6.07, 6.45) is 3.41. The van der Waals surface area contributed by atoms with Crippen LogP contribution in [0.5, 0.6) is 0 Å². The van der Waals surface area contributed by atoms with E-state index >= 15 is 0 Å². The molecule has 0 aliphatic rings. The van der Waals surface area contributed by atoms with Crippen molar-refractivity contribution in [3.8, 4) is 0 Å². The maximum absolute atomic E-state index is 10.2. The largest absolute Gasteiger partial charge is 0.361 e. The number of H-pyrrole nitrogens is 1. The SMILES string of the molecule is CC(N=C=O)c1c[nH]c2cc(Cl)ccc12. The number of fused-ring (bicyclic) bond motifs is 1. The Kier molecular flexibility index (Phi) is 2.58. The molecule has 0 aliphatic heterocycles. The van der Waals surface area contributed by atoms with Crippen LogP contribution >= 0.6 is 11.6 Å². The van der Waals surface area contributed by atoms with Crippen molar-refractivity contribution in [3.63, 3.8) is 0 Å². The Morgan fingerprint density at radius 1 is 1.53 bits per heavy atom. The van der Waals surface area contributed by atoms with Crippen molar-refractivity contribution in [1.29, 1.82) is 0 Å². The average Bonchev–Trinajstić information content (AvgIpc) is 2.60. The zero-order valence-electron chi connectivity index (χ0n) is 8.12. The van der Waals surface area contributed by atoms with Gasteiger partial charge in [0.25, 0.3) is 0 Å². The molecule has 0 fully saturated rings. The number of isocyanates is 1. The molecule has 0 bridgehead atoms. The van der Waals surface area contributed by atoms with Gasteiger partial charge >= 0.3 is 0 Å². The van der Waals surface area contributed by atoms with Gasteiger partial charge in [0.05, 0.1) is 6.04 Å². The molecule has 15 heavy (non-hydrogen) atoms. The summed E-state index contributed by atoms with van der Waals surface area (Å²) in [5.74, 6) is 0. The maximum Gasteiger partial charge on any atom is 0.235 e. The Bertz CT molecular complexity index is 541. The van der Waals surface area contributed by atoms with E-state index in [-0.39, 0.29) is 6.04 Å². The first-order chi connectivity index (χ1) is 7.22. The van der Waals surface area contributed by atoms with Gasteiger partial charge in [0.2, 0.25) is 6.08 Å². The molecule has 2 aromatic rings. The van der Waals surface area contributed by atoms with Crippen molar-refractivity contribution < 1.29 is 4.79 Å². The van der Waals surface area contributed by atoms with Gasteiger partial charge in [0.1, 0.15) is 0 Å². The molecule has 0 saturated carbocycles. The molecule has 1 unspecified atom stereocenters. The number of aromatic amines is 1. The van der Waals surface area contributed by atoms with E-state index in [1.165, 1.54) is 0 Å². The standard InChI is InChI=1S/C11H9ClN2O/c1-7(14-6-15)10-5-13-11-4-8(12)2-3-9(10)11/h2-5,7,13H,1H3. The minimum Gasteiger partial charge on any atom is -0.361 e. The second kappa shape index (κ2) is 3.89. The third-order valence-corrected chi connectivity index (χ3v) is 2.61. The van der Waals surface area contributed by atoms with Crippen LogP contribution in [0.25, 0.3) is 10.9 Å². The van der Waals surface area contributed by atoms with Crippen LogP contribution in [-0.2, 0) is 4.79 Å². The van der Waals surface area contributed by atoms with Gasteiger partial charge < -0.3 is 4.98 Å². The van der Waals surface area contributed by atoms with Crippen LogP contribution in [0.1, 0.15) is 18.5 Å². The molecular formula is C11H9ClN2O. The Morgan fingerprint density at radius 2 is 2.33 bits per heavy atom. The Morgan fingerprint density at radius 3 is 3.07 bits per heavy atom. The first-order valence-electron chi connectivity index (χ1n) is 4.56. The van der Waals surface area contributed by atoms with Crippen LogP contribution in [0.15, 0.2) is 29.4 Å². The van der Waals surface area contributed by atoms with E-state index in [0.29, 0.717) is 5.02 Å². The number of halogens is 1. The monoisotopic (exact) mass is 220 g/mol. The number of hydrogen-bond donors (Lipinski definition) is 1. The Hall–Kier alpha value is -1.57. The van der Waals surface area contributed by atoms with Crippen LogP contribution in [0.4, 0.5) is 0 Å². The van der Waals surface area contributed by atoms with Crippen LogP contribution in [-0.4, -0.2) is 11.1 Å². The topological polar surface area (TPSA) is 45.2 Å². The molecule has 1 N–H and O–H groups in total. The van der Waals surface area contributed by atoms with Crippen molar-refractivity contribution in [3.05, 3.63) is 35.0 Å². The molecule has 4 heteroatoms. The fourth-order valence-corrected chi connectivity index (χ4v) is 1.79. The summed E-state index contributed by atoms with van der Waals surface area (Å²) in [6, 6.07) is 5.40. The summed E-state index contributed by atoms with van der Waals surface area (Å²) < 4.78 is 0. The van der Waals surface area contributed by atoms with Crippen LogP contribution in [0, 0.1) is 0 Å². The molecule has 1 atom stereocenters. The first kappa shape index (κ1) is 9.97. The highest BCUT2D eigenvalue weighted by molar-refractivity contribution is 6.31. The molecule has 0 radical (unpaired) electrons.